The maximum absolute atomic E-state index is 13.0. The molecule has 0 spiro atoms. The van der Waals surface area contributed by atoms with Gasteiger partial charge in [0, 0.05) is 5.56 Å². The zero-order valence-corrected chi connectivity index (χ0v) is 10.2. The second-order valence-corrected chi connectivity index (χ2v) is 4.03. The first kappa shape index (κ1) is 13.4. The van der Waals surface area contributed by atoms with Crippen LogP contribution in [0.3, 0.4) is 0 Å². The number of phenolic OH excluding ortho intramolecular Hbond substituents is 1. The molecule has 100 valence electrons. The lowest BCUT2D eigenvalue weighted by atomic mass is 10.1. The van der Waals surface area contributed by atoms with Crippen molar-refractivity contribution >= 4 is 17.3 Å². The van der Waals surface area contributed by atoms with Gasteiger partial charge in [0.25, 0.3) is 5.91 Å². The van der Waals surface area contributed by atoms with Gasteiger partial charge in [0.1, 0.15) is 17.6 Å². The maximum atomic E-state index is 13.0. The number of carbonyl (C=O) groups is 1. The Labute approximate surface area is 114 Å². The van der Waals surface area contributed by atoms with Crippen LogP contribution in [0.4, 0.5) is 15.8 Å². The van der Waals surface area contributed by atoms with E-state index in [2.05, 4.69) is 5.32 Å². The lowest BCUT2D eigenvalue weighted by molar-refractivity contribution is 0.102. The van der Waals surface area contributed by atoms with E-state index < -0.39 is 11.7 Å². The summed E-state index contributed by atoms with van der Waals surface area (Å²) >= 11 is 0. The SMILES string of the molecule is N#Cc1cc(F)ccc1NC(=O)c1ccc(N)c(O)c1. The lowest BCUT2D eigenvalue weighted by Crippen LogP contribution is -2.13. The highest BCUT2D eigenvalue weighted by molar-refractivity contribution is 6.05. The Hall–Kier alpha value is -3.07. The average molecular weight is 271 g/mol. The van der Waals surface area contributed by atoms with Crippen LogP contribution in [0.15, 0.2) is 36.4 Å². The number of halogens is 1. The van der Waals surface area contributed by atoms with Gasteiger partial charge in [-0.25, -0.2) is 4.39 Å². The summed E-state index contributed by atoms with van der Waals surface area (Å²) in [6.45, 7) is 0. The molecule has 0 atom stereocenters. The molecule has 6 heteroatoms. The number of phenols is 1. The van der Waals surface area contributed by atoms with Crippen molar-refractivity contribution in [2.75, 3.05) is 11.1 Å². The molecule has 0 radical (unpaired) electrons. The second-order valence-electron chi connectivity index (χ2n) is 4.03. The standard InChI is InChI=1S/C14H10FN3O2/c15-10-2-4-12(9(5-10)7-16)18-14(20)8-1-3-11(17)13(19)6-8/h1-6,19H,17H2,(H,18,20). The number of nitriles is 1. The highest BCUT2D eigenvalue weighted by Gasteiger charge is 2.11. The van der Waals surface area contributed by atoms with Crippen molar-refractivity contribution in [3.63, 3.8) is 0 Å². The second kappa shape index (κ2) is 5.28. The Balaban J connectivity index is 2.28. The number of hydrogen-bond donors (Lipinski definition) is 3. The van der Waals surface area contributed by atoms with Crippen LogP contribution in [0.2, 0.25) is 0 Å². The van der Waals surface area contributed by atoms with E-state index in [0.29, 0.717) is 0 Å². The summed E-state index contributed by atoms with van der Waals surface area (Å²) in [5.41, 5.74) is 5.96. The number of carbonyl (C=O) groups excluding carboxylic acids is 1. The third-order valence-electron chi connectivity index (χ3n) is 2.64. The fraction of sp³-hybridized carbons (Fsp3) is 0. The molecule has 5 nitrogen and oxygen atoms in total. The predicted molar refractivity (Wildman–Crippen MR) is 71.6 cm³/mol. The highest BCUT2D eigenvalue weighted by Crippen LogP contribution is 2.22. The third-order valence-corrected chi connectivity index (χ3v) is 2.64. The van der Waals surface area contributed by atoms with Crippen molar-refractivity contribution in [2.45, 2.75) is 0 Å². The summed E-state index contributed by atoms with van der Waals surface area (Å²) in [6.07, 6.45) is 0. The quantitative estimate of drug-likeness (QED) is 0.576. The van der Waals surface area contributed by atoms with Crippen molar-refractivity contribution in [3.8, 4) is 11.8 Å². The normalized spacial score (nSPS) is 9.80. The van der Waals surface area contributed by atoms with Gasteiger partial charge in [-0.1, -0.05) is 0 Å². The molecule has 0 heterocycles. The van der Waals surface area contributed by atoms with Gasteiger partial charge in [0.15, 0.2) is 0 Å². The molecular weight excluding hydrogens is 261 g/mol. The van der Waals surface area contributed by atoms with E-state index >= 15 is 0 Å². The molecular formula is C14H10FN3O2. The zero-order valence-electron chi connectivity index (χ0n) is 10.2. The molecule has 0 saturated carbocycles. The number of nitrogens with two attached hydrogens (primary N) is 1. The molecule has 0 fully saturated rings. The van der Waals surface area contributed by atoms with E-state index in [0.717, 1.165) is 12.1 Å². The topological polar surface area (TPSA) is 99.1 Å². The van der Waals surface area contributed by atoms with Crippen LogP contribution >= 0.6 is 0 Å². The van der Waals surface area contributed by atoms with Crippen LogP contribution in [-0.4, -0.2) is 11.0 Å². The Morgan fingerprint density at radius 3 is 2.70 bits per heavy atom. The molecule has 1 amide bonds. The van der Waals surface area contributed by atoms with E-state index in [1.807, 2.05) is 0 Å². The first-order valence-corrected chi connectivity index (χ1v) is 5.61. The van der Waals surface area contributed by atoms with Crippen LogP contribution in [0, 0.1) is 17.1 Å². The fourth-order valence-corrected chi connectivity index (χ4v) is 1.60. The maximum Gasteiger partial charge on any atom is 0.255 e. The minimum absolute atomic E-state index is 0.0121. The van der Waals surface area contributed by atoms with Crippen LogP contribution < -0.4 is 11.1 Å². The van der Waals surface area contributed by atoms with Crippen molar-refractivity contribution in [1.29, 1.82) is 5.26 Å². The van der Waals surface area contributed by atoms with E-state index in [4.69, 9.17) is 11.0 Å². The van der Waals surface area contributed by atoms with Crippen LogP contribution in [0.5, 0.6) is 5.75 Å². The molecule has 0 aliphatic carbocycles. The molecule has 0 unspecified atom stereocenters. The molecule has 0 aliphatic rings. The van der Waals surface area contributed by atoms with Gasteiger partial charge in [0.2, 0.25) is 0 Å². The summed E-state index contributed by atoms with van der Waals surface area (Å²) in [5.74, 6) is -1.31. The van der Waals surface area contributed by atoms with Gasteiger partial charge in [-0.2, -0.15) is 5.26 Å². The van der Waals surface area contributed by atoms with E-state index in [1.54, 1.807) is 6.07 Å². The number of nitrogen functional groups attached to an aromatic ring is 1. The summed E-state index contributed by atoms with van der Waals surface area (Å²) < 4.78 is 13.0. The van der Waals surface area contributed by atoms with Gasteiger partial charge < -0.3 is 16.2 Å². The number of hydrogen-bond acceptors (Lipinski definition) is 4. The van der Waals surface area contributed by atoms with Crippen molar-refractivity contribution in [1.82, 2.24) is 0 Å². The molecule has 0 bridgehead atoms. The molecule has 4 N–H and O–H groups in total. The summed E-state index contributed by atoms with van der Waals surface area (Å²) in [4.78, 5) is 12.0. The highest BCUT2D eigenvalue weighted by atomic mass is 19.1. The molecule has 0 aliphatic heterocycles. The Morgan fingerprint density at radius 2 is 2.05 bits per heavy atom. The van der Waals surface area contributed by atoms with E-state index in [9.17, 15) is 14.3 Å². The largest absolute Gasteiger partial charge is 0.506 e. The number of nitrogens with zero attached hydrogens (tertiary/aromatic N) is 1. The van der Waals surface area contributed by atoms with Gasteiger partial charge in [-0.15, -0.1) is 0 Å². The fourth-order valence-electron chi connectivity index (χ4n) is 1.60. The number of aromatic hydroxyl groups is 1. The van der Waals surface area contributed by atoms with Crippen molar-refractivity contribution < 1.29 is 14.3 Å². The lowest BCUT2D eigenvalue weighted by Gasteiger charge is -2.08. The molecule has 2 aromatic rings. The summed E-state index contributed by atoms with van der Waals surface area (Å²) in [5, 5.41) is 20.8. The molecule has 0 aromatic heterocycles. The minimum Gasteiger partial charge on any atom is -0.506 e. The molecule has 2 aromatic carbocycles. The van der Waals surface area contributed by atoms with Gasteiger partial charge in [-0.3, -0.25) is 4.79 Å². The monoisotopic (exact) mass is 271 g/mol. The first-order valence-electron chi connectivity index (χ1n) is 5.61. The number of benzene rings is 2. The number of nitrogens with one attached hydrogen (secondary N) is 1. The summed E-state index contributed by atoms with van der Waals surface area (Å²) in [6, 6.07) is 9.27. The van der Waals surface area contributed by atoms with Gasteiger partial charge in [-0.05, 0) is 36.4 Å². The van der Waals surface area contributed by atoms with Crippen molar-refractivity contribution in [3.05, 3.63) is 53.3 Å². The van der Waals surface area contributed by atoms with E-state index in [1.165, 1.54) is 24.3 Å². The average Bonchev–Trinajstić information content (AvgIpc) is 2.43. The Bertz CT molecular complexity index is 723. The van der Waals surface area contributed by atoms with Gasteiger partial charge >= 0.3 is 0 Å². The Morgan fingerprint density at radius 1 is 1.30 bits per heavy atom. The number of amides is 1. The predicted octanol–water partition coefficient (Wildman–Crippen LogP) is 2.24. The van der Waals surface area contributed by atoms with Crippen LogP contribution in [0.1, 0.15) is 15.9 Å². The zero-order chi connectivity index (χ0) is 14.7. The Kier molecular flexibility index (Phi) is 3.53. The molecule has 20 heavy (non-hydrogen) atoms. The number of anilines is 2. The van der Waals surface area contributed by atoms with Crippen molar-refractivity contribution in [2.24, 2.45) is 0 Å². The minimum atomic E-state index is -0.565. The molecule has 2 rings (SSSR count). The smallest absolute Gasteiger partial charge is 0.255 e. The third kappa shape index (κ3) is 2.67. The first-order chi connectivity index (χ1) is 9.51. The number of rotatable bonds is 2. The van der Waals surface area contributed by atoms with E-state index in [-0.39, 0.29) is 28.3 Å². The van der Waals surface area contributed by atoms with Crippen LogP contribution in [-0.2, 0) is 0 Å². The van der Waals surface area contributed by atoms with Gasteiger partial charge in [0.05, 0.1) is 16.9 Å². The van der Waals surface area contributed by atoms with Crippen LogP contribution in [0.25, 0.3) is 0 Å². The molecule has 0 saturated heterocycles. The summed E-state index contributed by atoms with van der Waals surface area (Å²) in [7, 11) is 0.